The van der Waals surface area contributed by atoms with Crippen LogP contribution in [0.2, 0.25) is 0 Å². The van der Waals surface area contributed by atoms with Gasteiger partial charge in [0.25, 0.3) is 0 Å². The fourth-order valence-electron chi connectivity index (χ4n) is 4.64. The molecule has 30 heavy (non-hydrogen) atoms. The molecule has 0 bridgehead atoms. The topological polar surface area (TPSA) is 61.8 Å². The van der Waals surface area contributed by atoms with E-state index >= 15 is 0 Å². The minimum atomic E-state index is -4.46. The lowest BCUT2D eigenvalue weighted by molar-refractivity contribution is -0.137. The van der Waals surface area contributed by atoms with E-state index in [1.54, 1.807) is 12.0 Å². The Bertz CT molecular complexity index is 933. The quantitative estimate of drug-likeness (QED) is 0.770. The van der Waals surface area contributed by atoms with Gasteiger partial charge < -0.3 is 20.1 Å². The summed E-state index contributed by atoms with van der Waals surface area (Å²) in [4.78, 5) is 14.2. The number of carbonyl (C=O) groups is 1. The first kappa shape index (κ1) is 20.5. The van der Waals surface area contributed by atoms with Crippen LogP contribution in [-0.2, 0) is 11.8 Å². The molecule has 160 valence electrons. The van der Waals surface area contributed by atoms with Crippen LogP contribution >= 0.6 is 0 Å². The van der Waals surface area contributed by atoms with E-state index in [1.807, 2.05) is 24.3 Å². The maximum absolute atomic E-state index is 12.9. The zero-order valence-corrected chi connectivity index (χ0v) is 16.4. The third-order valence-corrected chi connectivity index (χ3v) is 6.11. The molecule has 8 heteroatoms. The van der Waals surface area contributed by atoms with E-state index in [2.05, 4.69) is 5.32 Å². The number of urea groups is 1. The predicted octanol–water partition coefficient (Wildman–Crippen LogP) is 4.48. The van der Waals surface area contributed by atoms with Crippen molar-refractivity contribution in [2.45, 2.75) is 24.6 Å². The van der Waals surface area contributed by atoms with Gasteiger partial charge in [-0.25, -0.2) is 4.79 Å². The number of aliphatic hydroxyl groups is 1. The van der Waals surface area contributed by atoms with Crippen molar-refractivity contribution >= 4 is 11.7 Å². The maximum atomic E-state index is 12.9. The summed E-state index contributed by atoms with van der Waals surface area (Å²) < 4.78 is 43.8. The van der Waals surface area contributed by atoms with Crippen LogP contribution in [0.15, 0.2) is 48.5 Å². The molecular formula is C22H23F3N2O3. The lowest BCUT2D eigenvalue weighted by atomic mass is 9.90. The van der Waals surface area contributed by atoms with E-state index in [4.69, 9.17) is 4.74 Å². The molecule has 0 radical (unpaired) electrons. The standard InChI is InChI=1S/C22H23F3N2O3/c1-30-19-7-3-4-16(9-19)21(29)10-14-12-27(13-15(14)11-21)20(28)26-18-6-2-5-17(8-18)22(23,24)25/h2-9,14-15,29H,10-13H2,1H3,(H,26,28)/t14-,15+,21?. The average molecular weight is 420 g/mol. The third-order valence-electron chi connectivity index (χ3n) is 6.11. The van der Waals surface area contributed by atoms with Crippen LogP contribution in [0.1, 0.15) is 24.0 Å². The van der Waals surface area contributed by atoms with E-state index < -0.39 is 23.4 Å². The lowest BCUT2D eigenvalue weighted by Crippen LogP contribution is -2.35. The predicted molar refractivity (Wildman–Crippen MR) is 105 cm³/mol. The molecule has 2 fully saturated rings. The minimum Gasteiger partial charge on any atom is -0.497 e. The Morgan fingerprint density at radius 1 is 1.13 bits per heavy atom. The molecule has 2 aromatic carbocycles. The van der Waals surface area contributed by atoms with Crippen LogP contribution in [0.3, 0.4) is 0 Å². The number of anilines is 1. The number of alkyl halides is 3. The van der Waals surface area contributed by atoms with Gasteiger partial charge in [-0.1, -0.05) is 18.2 Å². The summed E-state index contributed by atoms with van der Waals surface area (Å²) in [6, 6.07) is 11.6. The monoisotopic (exact) mass is 420 g/mol. The Morgan fingerprint density at radius 3 is 2.43 bits per heavy atom. The van der Waals surface area contributed by atoms with Gasteiger partial charge >= 0.3 is 12.2 Å². The largest absolute Gasteiger partial charge is 0.497 e. The van der Waals surface area contributed by atoms with Crippen molar-refractivity contribution in [1.82, 2.24) is 4.90 Å². The number of likely N-dealkylation sites (tertiary alicyclic amines) is 1. The number of nitrogens with one attached hydrogen (secondary N) is 1. The molecule has 2 aromatic rings. The third kappa shape index (κ3) is 3.96. The summed E-state index contributed by atoms with van der Waals surface area (Å²) in [5, 5.41) is 13.7. The van der Waals surface area contributed by atoms with Crippen molar-refractivity contribution in [3.8, 4) is 5.75 Å². The summed E-state index contributed by atoms with van der Waals surface area (Å²) >= 11 is 0. The Hall–Kier alpha value is -2.74. The number of hydrogen-bond acceptors (Lipinski definition) is 3. The maximum Gasteiger partial charge on any atom is 0.416 e. The highest BCUT2D eigenvalue weighted by molar-refractivity contribution is 5.89. The van der Waals surface area contributed by atoms with Crippen molar-refractivity contribution in [3.63, 3.8) is 0 Å². The lowest BCUT2D eigenvalue weighted by Gasteiger charge is -2.27. The molecule has 0 aromatic heterocycles. The molecular weight excluding hydrogens is 397 g/mol. The molecule has 1 saturated heterocycles. The summed E-state index contributed by atoms with van der Waals surface area (Å²) in [6.07, 6.45) is -3.41. The zero-order chi connectivity index (χ0) is 21.5. The molecule has 2 amide bonds. The summed E-state index contributed by atoms with van der Waals surface area (Å²) in [7, 11) is 1.58. The normalized spacial score (nSPS) is 25.8. The number of halogens is 3. The Balaban J connectivity index is 1.40. The van der Waals surface area contributed by atoms with Crippen molar-refractivity contribution < 1.29 is 27.8 Å². The zero-order valence-electron chi connectivity index (χ0n) is 16.4. The molecule has 4 rings (SSSR count). The van der Waals surface area contributed by atoms with Crippen LogP contribution in [-0.4, -0.2) is 36.2 Å². The average Bonchev–Trinajstić information content (AvgIpc) is 3.23. The molecule has 1 aliphatic heterocycles. The number of methoxy groups -OCH3 is 1. The minimum absolute atomic E-state index is 0.111. The molecule has 2 aliphatic rings. The number of benzene rings is 2. The van der Waals surface area contributed by atoms with Crippen molar-refractivity contribution in [2.24, 2.45) is 11.8 Å². The van der Waals surface area contributed by atoms with Gasteiger partial charge in [0.2, 0.25) is 0 Å². The SMILES string of the molecule is COc1cccc(C2(O)C[C@H]3CN(C(=O)Nc4cccc(C(F)(F)F)c4)C[C@H]3C2)c1. The second-order valence-corrected chi connectivity index (χ2v) is 8.11. The number of ether oxygens (including phenoxy) is 1. The molecule has 0 spiro atoms. The second-order valence-electron chi connectivity index (χ2n) is 8.11. The van der Waals surface area contributed by atoms with Crippen LogP contribution < -0.4 is 10.1 Å². The number of hydrogen-bond donors (Lipinski definition) is 2. The highest BCUT2D eigenvalue weighted by Gasteiger charge is 2.50. The Morgan fingerprint density at radius 2 is 1.80 bits per heavy atom. The van der Waals surface area contributed by atoms with E-state index in [9.17, 15) is 23.1 Å². The molecule has 5 nitrogen and oxygen atoms in total. The summed E-state index contributed by atoms with van der Waals surface area (Å²) in [5.41, 5.74) is -0.856. The highest BCUT2D eigenvalue weighted by Crippen LogP contribution is 2.49. The van der Waals surface area contributed by atoms with E-state index in [1.165, 1.54) is 12.1 Å². The molecule has 2 N–H and O–H groups in total. The smallest absolute Gasteiger partial charge is 0.416 e. The van der Waals surface area contributed by atoms with Crippen LogP contribution in [0.4, 0.5) is 23.7 Å². The van der Waals surface area contributed by atoms with Gasteiger partial charge in [-0.05, 0) is 60.6 Å². The highest BCUT2D eigenvalue weighted by atomic mass is 19.4. The van der Waals surface area contributed by atoms with Gasteiger partial charge in [-0.3, -0.25) is 0 Å². The van der Waals surface area contributed by atoms with Crippen LogP contribution in [0.5, 0.6) is 5.75 Å². The van der Waals surface area contributed by atoms with Gasteiger partial charge in [-0.15, -0.1) is 0 Å². The van der Waals surface area contributed by atoms with Crippen molar-refractivity contribution in [3.05, 3.63) is 59.7 Å². The van der Waals surface area contributed by atoms with Gasteiger partial charge in [0.1, 0.15) is 5.75 Å². The Labute approximate surface area is 172 Å². The first-order valence-electron chi connectivity index (χ1n) is 9.78. The van der Waals surface area contributed by atoms with Crippen LogP contribution in [0.25, 0.3) is 0 Å². The Kier molecular flexibility index (Phi) is 5.13. The molecule has 1 saturated carbocycles. The van der Waals surface area contributed by atoms with Gasteiger partial charge in [0.15, 0.2) is 0 Å². The summed E-state index contributed by atoms with van der Waals surface area (Å²) in [5.74, 6) is 0.946. The van der Waals surface area contributed by atoms with Crippen molar-refractivity contribution in [1.29, 1.82) is 0 Å². The first-order chi connectivity index (χ1) is 14.2. The van der Waals surface area contributed by atoms with Gasteiger partial charge in [0, 0.05) is 18.8 Å². The molecule has 1 unspecified atom stereocenters. The number of rotatable bonds is 3. The van der Waals surface area contributed by atoms with Gasteiger partial charge in [0.05, 0.1) is 18.3 Å². The fourth-order valence-corrected chi connectivity index (χ4v) is 4.64. The number of amides is 2. The number of nitrogens with zero attached hydrogens (tertiary/aromatic N) is 1. The van der Waals surface area contributed by atoms with Gasteiger partial charge in [-0.2, -0.15) is 13.2 Å². The van der Waals surface area contributed by atoms with Crippen LogP contribution in [0, 0.1) is 11.8 Å². The molecule has 1 aliphatic carbocycles. The van der Waals surface area contributed by atoms with E-state index in [0.29, 0.717) is 31.7 Å². The molecule has 3 atom stereocenters. The molecule has 1 heterocycles. The summed E-state index contributed by atoms with van der Waals surface area (Å²) in [6.45, 7) is 0.920. The number of carbonyl (C=O) groups excluding carboxylic acids is 1. The first-order valence-corrected chi connectivity index (χ1v) is 9.78. The van der Waals surface area contributed by atoms with Crippen molar-refractivity contribution in [2.75, 3.05) is 25.5 Å². The second kappa shape index (κ2) is 7.50. The fraction of sp³-hybridized carbons (Fsp3) is 0.409. The van der Waals surface area contributed by atoms with E-state index in [0.717, 1.165) is 17.7 Å². The number of fused-ring (bicyclic) bond motifs is 1. The van der Waals surface area contributed by atoms with E-state index in [-0.39, 0.29) is 17.5 Å².